The fraction of sp³-hybridized carbons (Fsp3) is 0.400. The van der Waals surface area contributed by atoms with Gasteiger partial charge in [0, 0.05) is 54.8 Å². The van der Waals surface area contributed by atoms with E-state index in [1.54, 1.807) is 31.2 Å². The van der Waals surface area contributed by atoms with Crippen LogP contribution in [0.3, 0.4) is 0 Å². The number of hydrogen-bond acceptors (Lipinski definition) is 4. The third-order valence-electron chi connectivity index (χ3n) is 6.79. The average Bonchev–Trinajstić information content (AvgIpc) is 3.09. The number of anilines is 1. The second-order valence-corrected chi connectivity index (χ2v) is 11.8. The Kier molecular flexibility index (Phi) is 5.14. The number of sulfonamides is 1. The van der Waals surface area contributed by atoms with Crippen LogP contribution in [0.5, 0.6) is 0 Å². The van der Waals surface area contributed by atoms with Gasteiger partial charge in [0.15, 0.2) is 5.78 Å². The second-order valence-electron chi connectivity index (χ2n) is 9.93. The standard InChI is InChI=1S/C25H28FN3O3S/c1-16-12-17-19(27-20-14-25(2,3)15-22(30)24(17)20)13-23(16)33(31,32)29-10-8-28(9-11-29)21-7-5-4-6-18(21)26/h4-7,12-13,27H,8-11,14-15H2,1-3H3. The summed E-state index contributed by atoms with van der Waals surface area (Å²) in [6.45, 7) is 7.31. The smallest absolute Gasteiger partial charge is 0.243 e. The van der Waals surface area contributed by atoms with E-state index in [0.29, 0.717) is 41.8 Å². The maximum absolute atomic E-state index is 14.1. The Hall–Kier alpha value is -2.71. The zero-order valence-corrected chi connectivity index (χ0v) is 19.9. The van der Waals surface area contributed by atoms with Gasteiger partial charge in [-0.1, -0.05) is 26.0 Å². The summed E-state index contributed by atoms with van der Waals surface area (Å²) in [6, 6.07) is 10.0. The Morgan fingerprint density at radius 1 is 1.03 bits per heavy atom. The van der Waals surface area contributed by atoms with E-state index in [1.165, 1.54) is 10.4 Å². The average molecular weight is 470 g/mol. The molecule has 1 aromatic heterocycles. The van der Waals surface area contributed by atoms with Crippen molar-refractivity contribution in [2.45, 2.75) is 38.5 Å². The van der Waals surface area contributed by atoms with E-state index in [2.05, 4.69) is 18.8 Å². The SMILES string of the molecule is Cc1cc2c3c([nH]c2cc1S(=O)(=O)N1CCN(c2ccccc2F)CC1)CC(C)(C)CC3=O. The van der Waals surface area contributed by atoms with Gasteiger partial charge in [0.05, 0.1) is 10.6 Å². The summed E-state index contributed by atoms with van der Waals surface area (Å²) in [5, 5.41) is 0.798. The predicted molar refractivity (Wildman–Crippen MR) is 127 cm³/mol. The number of aromatic amines is 1. The van der Waals surface area contributed by atoms with Crippen molar-refractivity contribution >= 4 is 32.4 Å². The van der Waals surface area contributed by atoms with Crippen LogP contribution in [0.4, 0.5) is 10.1 Å². The molecule has 0 amide bonds. The number of H-pyrrole nitrogens is 1. The van der Waals surface area contributed by atoms with E-state index < -0.39 is 10.0 Å². The molecule has 2 aromatic carbocycles. The van der Waals surface area contributed by atoms with Crippen LogP contribution in [0.15, 0.2) is 41.3 Å². The third-order valence-corrected chi connectivity index (χ3v) is 8.84. The van der Waals surface area contributed by atoms with Crippen molar-refractivity contribution < 1.29 is 17.6 Å². The Labute approximate surface area is 193 Å². The fourth-order valence-electron chi connectivity index (χ4n) is 5.20. The molecular weight excluding hydrogens is 441 g/mol. The summed E-state index contributed by atoms with van der Waals surface area (Å²) in [5.74, 6) is -0.199. The molecule has 0 radical (unpaired) electrons. The first-order chi connectivity index (χ1) is 15.6. The van der Waals surface area contributed by atoms with Gasteiger partial charge in [-0.25, -0.2) is 12.8 Å². The highest BCUT2D eigenvalue weighted by Crippen LogP contribution is 2.39. The van der Waals surface area contributed by atoms with Crippen molar-refractivity contribution in [2.75, 3.05) is 31.1 Å². The zero-order chi connectivity index (χ0) is 23.5. The lowest BCUT2D eigenvalue weighted by Gasteiger charge is -2.35. The Morgan fingerprint density at radius 3 is 2.42 bits per heavy atom. The lowest BCUT2D eigenvalue weighted by atomic mass is 9.76. The number of para-hydroxylation sites is 1. The van der Waals surface area contributed by atoms with Crippen molar-refractivity contribution in [3.63, 3.8) is 0 Å². The van der Waals surface area contributed by atoms with Gasteiger partial charge in [-0.15, -0.1) is 0 Å². The van der Waals surface area contributed by atoms with Crippen LogP contribution >= 0.6 is 0 Å². The van der Waals surface area contributed by atoms with E-state index in [9.17, 15) is 17.6 Å². The molecule has 2 aliphatic rings. The lowest BCUT2D eigenvalue weighted by molar-refractivity contribution is 0.0913. The van der Waals surface area contributed by atoms with Gasteiger partial charge in [0.25, 0.3) is 0 Å². The Balaban J connectivity index is 1.45. The summed E-state index contributed by atoms with van der Waals surface area (Å²) in [5.41, 5.74) is 3.27. The molecule has 3 aromatic rings. The number of rotatable bonds is 3. The molecule has 5 rings (SSSR count). The first-order valence-electron chi connectivity index (χ1n) is 11.2. The van der Waals surface area contributed by atoms with Crippen molar-refractivity contribution in [2.24, 2.45) is 5.41 Å². The third kappa shape index (κ3) is 3.75. The van der Waals surface area contributed by atoms with Crippen LogP contribution in [0, 0.1) is 18.2 Å². The highest BCUT2D eigenvalue weighted by molar-refractivity contribution is 7.89. The second kappa shape index (κ2) is 7.67. The molecule has 8 heteroatoms. The minimum atomic E-state index is -3.73. The minimum Gasteiger partial charge on any atom is -0.367 e. The number of aryl methyl sites for hydroxylation is 1. The molecule has 174 valence electrons. The summed E-state index contributed by atoms with van der Waals surface area (Å²) < 4.78 is 42.7. The van der Waals surface area contributed by atoms with Gasteiger partial charge >= 0.3 is 0 Å². The summed E-state index contributed by atoms with van der Waals surface area (Å²) in [7, 11) is -3.73. The molecule has 33 heavy (non-hydrogen) atoms. The first-order valence-corrected chi connectivity index (χ1v) is 12.7. The van der Waals surface area contributed by atoms with Crippen LogP contribution in [-0.4, -0.2) is 49.7 Å². The number of nitrogens with one attached hydrogen (secondary N) is 1. The maximum atomic E-state index is 14.1. The number of hydrogen-bond donors (Lipinski definition) is 1. The molecule has 1 aliphatic heterocycles. The summed E-state index contributed by atoms with van der Waals surface area (Å²) in [4.78, 5) is 18.3. The van der Waals surface area contributed by atoms with Gasteiger partial charge in [0.2, 0.25) is 10.0 Å². The van der Waals surface area contributed by atoms with Gasteiger partial charge in [-0.3, -0.25) is 4.79 Å². The molecule has 1 N–H and O–H groups in total. The van der Waals surface area contributed by atoms with E-state index in [-0.39, 0.29) is 35.0 Å². The van der Waals surface area contributed by atoms with Gasteiger partial charge in [-0.2, -0.15) is 4.31 Å². The number of fused-ring (bicyclic) bond motifs is 3. The normalized spacial score (nSPS) is 19.2. The minimum absolute atomic E-state index is 0.103. The Bertz CT molecular complexity index is 1370. The highest BCUT2D eigenvalue weighted by Gasteiger charge is 2.35. The zero-order valence-electron chi connectivity index (χ0n) is 19.1. The predicted octanol–water partition coefficient (Wildman–Crippen LogP) is 4.28. The lowest BCUT2D eigenvalue weighted by Crippen LogP contribution is -2.49. The fourth-order valence-corrected chi connectivity index (χ4v) is 6.85. The number of Topliss-reactive ketones (excluding diaryl/α,β-unsaturated/α-hetero) is 1. The molecular formula is C25H28FN3O3S. The molecule has 0 saturated carbocycles. The largest absolute Gasteiger partial charge is 0.367 e. The monoisotopic (exact) mass is 469 g/mol. The number of carbonyl (C=O) groups excluding carboxylic acids is 1. The molecule has 0 bridgehead atoms. The van der Waals surface area contributed by atoms with E-state index in [0.717, 1.165) is 17.5 Å². The molecule has 1 aliphatic carbocycles. The maximum Gasteiger partial charge on any atom is 0.243 e. The summed E-state index contributed by atoms with van der Waals surface area (Å²) >= 11 is 0. The van der Waals surface area contributed by atoms with Crippen LogP contribution in [-0.2, 0) is 16.4 Å². The number of piperazine rings is 1. The highest BCUT2D eigenvalue weighted by atomic mass is 32.2. The van der Waals surface area contributed by atoms with Crippen molar-refractivity contribution in [1.82, 2.24) is 9.29 Å². The van der Waals surface area contributed by atoms with Crippen molar-refractivity contribution in [1.29, 1.82) is 0 Å². The van der Waals surface area contributed by atoms with Crippen LogP contribution < -0.4 is 4.90 Å². The molecule has 1 fully saturated rings. The molecule has 2 heterocycles. The van der Waals surface area contributed by atoms with E-state index >= 15 is 0 Å². The van der Waals surface area contributed by atoms with Gasteiger partial charge in [-0.05, 0) is 48.6 Å². The molecule has 1 saturated heterocycles. The first kappa shape index (κ1) is 22.1. The summed E-state index contributed by atoms with van der Waals surface area (Å²) in [6.07, 6.45) is 1.24. The van der Waals surface area contributed by atoms with Crippen LogP contribution in [0.2, 0.25) is 0 Å². The number of ketones is 1. The quantitative estimate of drug-likeness (QED) is 0.621. The number of carbonyl (C=O) groups is 1. The number of benzene rings is 2. The van der Waals surface area contributed by atoms with Crippen LogP contribution in [0.25, 0.3) is 10.9 Å². The molecule has 6 nitrogen and oxygen atoms in total. The molecule has 0 unspecified atom stereocenters. The topological polar surface area (TPSA) is 73.5 Å². The van der Waals surface area contributed by atoms with Crippen molar-refractivity contribution in [3.05, 3.63) is 59.0 Å². The van der Waals surface area contributed by atoms with E-state index in [1.807, 2.05) is 11.0 Å². The van der Waals surface area contributed by atoms with Gasteiger partial charge in [0.1, 0.15) is 5.82 Å². The molecule has 0 spiro atoms. The Morgan fingerprint density at radius 2 is 1.73 bits per heavy atom. The van der Waals surface area contributed by atoms with E-state index in [4.69, 9.17) is 0 Å². The number of nitrogens with zero attached hydrogens (tertiary/aromatic N) is 2. The van der Waals surface area contributed by atoms with Crippen LogP contribution in [0.1, 0.15) is 41.9 Å². The van der Waals surface area contributed by atoms with Gasteiger partial charge < -0.3 is 9.88 Å². The molecule has 0 atom stereocenters. The number of aromatic nitrogens is 1. The number of halogens is 1. The van der Waals surface area contributed by atoms with Crippen molar-refractivity contribution in [3.8, 4) is 0 Å².